The van der Waals surface area contributed by atoms with Gasteiger partial charge >= 0.3 is 0 Å². The topological polar surface area (TPSA) is 59.8 Å². The highest BCUT2D eigenvalue weighted by Gasteiger charge is 2.17. The van der Waals surface area contributed by atoms with E-state index in [-0.39, 0.29) is 5.91 Å². The Morgan fingerprint density at radius 3 is 2.59 bits per heavy atom. The fourth-order valence-corrected chi connectivity index (χ4v) is 2.61. The minimum atomic E-state index is -0.186. The Kier molecular flexibility index (Phi) is 3.58. The average Bonchev–Trinajstić information content (AvgIpc) is 2.75. The molecular formula is C16H15ClN4O. The van der Waals surface area contributed by atoms with E-state index < -0.39 is 0 Å². The van der Waals surface area contributed by atoms with E-state index >= 15 is 0 Å². The molecule has 0 aliphatic heterocycles. The first-order valence-electron chi connectivity index (χ1n) is 6.83. The molecule has 1 aromatic carbocycles. The van der Waals surface area contributed by atoms with E-state index in [2.05, 4.69) is 15.4 Å². The van der Waals surface area contributed by atoms with E-state index in [0.29, 0.717) is 21.9 Å². The number of rotatable bonds is 2. The smallest absolute Gasteiger partial charge is 0.256 e. The highest BCUT2D eigenvalue weighted by molar-refractivity contribution is 6.30. The van der Waals surface area contributed by atoms with Crippen LogP contribution in [-0.2, 0) is 7.05 Å². The van der Waals surface area contributed by atoms with Crippen molar-refractivity contribution in [1.29, 1.82) is 0 Å². The normalized spacial score (nSPS) is 10.9. The largest absolute Gasteiger partial charge is 0.322 e. The summed E-state index contributed by atoms with van der Waals surface area (Å²) >= 11 is 5.86. The lowest BCUT2D eigenvalue weighted by atomic mass is 10.1. The quantitative estimate of drug-likeness (QED) is 0.787. The van der Waals surface area contributed by atoms with Gasteiger partial charge in [-0.05, 0) is 44.2 Å². The first-order chi connectivity index (χ1) is 10.5. The molecule has 0 fully saturated rings. The number of hydrogen-bond donors (Lipinski definition) is 1. The Morgan fingerprint density at radius 2 is 1.91 bits per heavy atom. The summed E-state index contributed by atoms with van der Waals surface area (Å²) in [6.07, 6.45) is 0. The Morgan fingerprint density at radius 1 is 1.23 bits per heavy atom. The second kappa shape index (κ2) is 5.42. The van der Waals surface area contributed by atoms with E-state index in [1.165, 1.54) is 0 Å². The molecule has 0 unspecified atom stereocenters. The zero-order valence-electron chi connectivity index (χ0n) is 12.5. The van der Waals surface area contributed by atoms with Gasteiger partial charge in [0.05, 0.1) is 16.6 Å². The fourth-order valence-electron chi connectivity index (χ4n) is 2.48. The third kappa shape index (κ3) is 2.55. The number of nitrogens with one attached hydrogen (secondary N) is 1. The van der Waals surface area contributed by atoms with Crippen LogP contribution in [0.2, 0.25) is 5.02 Å². The van der Waals surface area contributed by atoms with Crippen molar-refractivity contribution in [2.75, 3.05) is 5.32 Å². The van der Waals surface area contributed by atoms with E-state index in [1.54, 1.807) is 35.0 Å². The second-order valence-electron chi connectivity index (χ2n) is 5.18. The summed E-state index contributed by atoms with van der Waals surface area (Å²) in [5.74, 6) is -0.186. The predicted octanol–water partition coefficient (Wildman–Crippen LogP) is 3.49. The van der Waals surface area contributed by atoms with Crippen molar-refractivity contribution >= 4 is 34.2 Å². The summed E-state index contributed by atoms with van der Waals surface area (Å²) < 4.78 is 1.69. The third-order valence-electron chi connectivity index (χ3n) is 3.44. The molecule has 3 rings (SSSR count). The van der Waals surface area contributed by atoms with Gasteiger partial charge in [-0.15, -0.1) is 0 Å². The fraction of sp³-hybridized carbons (Fsp3) is 0.188. The molecule has 0 saturated carbocycles. The van der Waals surface area contributed by atoms with E-state index in [9.17, 15) is 4.79 Å². The molecule has 22 heavy (non-hydrogen) atoms. The summed E-state index contributed by atoms with van der Waals surface area (Å²) in [4.78, 5) is 17.1. The van der Waals surface area contributed by atoms with Gasteiger partial charge in [0.1, 0.15) is 0 Å². The maximum atomic E-state index is 12.6. The maximum absolute atomic E-state index is 12.6. The first kappa shape index (κ1) is 14.5. The number of pyridine rings is 1. The van der Waals surface area contributed by atoms with Gasteiger partial charge in [0.15, 0.2) is 5.65 Å². The Balaban J connectivity index is 2.05. The molecule has 0 aliphatic carbocycles. The number of fused-ring (bicyclic) bond motifs is 1. The van der Waals surface area contributed by atoms with Gasteiger partial charge in [-0.2, -0.15) is 5.10 Å². The number of carbonyl (C=O) groups is 1. The molecule has 0 radical (unpaired) electrons. The number of aromatic nitrogens is 3. The van der Waals surface area contributed by atoms with Gasteiger partial charge in [0, 0.05) is 23.5 Å². The van der Waals surface area contributed by atoms with E-state index in [0.717, 1.165) is 16.8 Å². The molecule has 0 spiro atoms. The van der Waals surface area contributed by atoms with Crippen LogP contribution in [-0.4, -0.2) is 20.7 Å². The Labute approximate surface area is 132 Å². The first-order valence-corrected chi connectivity index (χ1v) is 7.21. The highest BCUT2D eigenvalue weighted by atomic mass is 35.5. The third-order valence-corrected chi connectivity index (χ3v) is 3.70. The lowest BCUT2D eigenvalue weighted by Gasteiger charge is -2.08. The van der Waals surface area contributed by atoms with Gasteiger partial charge in [0.25, 0.3) is 5.91 Å². The van der Waals surface area contributed by atoms with Gasteiger partial charge in [-0.1, -0.05) is 11.6 Å². The molecule has 5 nitrogen and oxygen atoms in total. The van der Waals surface area contributed by atoms with Crippen molar-refractivity contribution in [3.8, 4) is 0 Å². The van der Waals surface area contributed by atoms with Crippen LogP contribution < -0.4 is 5.32 Å². The summed E-state index contributed by atoms with van der Waals surface area (Å²) in [6, 6.07) is 8.78. The van der Waals surface area contributed by atoms with Gasteiger partial charge in [0.2, 0.25) is 0 Å². The van der Waals surface area contributed by atoms with Crippen LogP contribution in [0, 0.1) is 13.8 Å². The van der Waals surface area contributed by atoms with E-state index in [1.807, 2.05) is 20.9 Å². The summed E-state index contributed by atoms with van der Waals surface area (Å²) in [5, 5.41) is 8.63. The molecule has 1 amide bonds. The molecule has 6 heteroatoms. The minimum Gasteiger partial charge on any atom is -0.322 e. The van der Waals surface area contributed by atoms with Crippen molar-refractivity contribution < 1.29 is 4.79 Å². The molecule has 3 aromatic rings. The van der Waals surface area contributed by atoms with Crippen molar-refractivity contribution in [3.05, 3.63) is 52.3 Å². The number of aryl methyl sites for hydroxylation is 3. The molecule has 0 atom stereocenters. The molecular weight excluding hydrogens is 300 g/mol. The van der Waals surface area contributed by atoms with Crippen molar-refractivity contribution in [3.63, 3.8) is 0 Å². The van der Waals surface area contributed by atoms with Gasteiger partial charge in [-0.3, -0.25) is 9.48 Å². The zero-order chi connectivity index (χ0) is 15.9. The predicted molar refractivity (Wildman–Crippen MR) is 87.4 cm³/mol. The van der Waals surface area contributed by atoms with Gasteiger partial charge in [-0.25, -0.2) is 4.98 Å². The number of nitrogens with zero attached hydrogens (tertiary/aromatic N) is 3. The lowest BCUT2D eigenvalue weighted by molar-refractivity contribution is 0.102. The summed E-state index contributed by atoms with van der Waals surface area (Å²) in [5.41, 5.74) is 3.53. The van der Waals surface area contributed by atoms with Crippen LogP contribution in [0.1, 0.15) is 21.7 Å². The van der Waals surface area contributed by atoms with Crippen molar-refractivity contribution in [2.24, 2.45) is 7.05 Å². The highest BCUT2D eigenvalue weighted by Crippen LogP contribution is 2.23. The Bertz CT molecular complexity index is 868. The Hall–Kier alpha value is -2.40. The molecule has 0 aliphatic rings. The summed E-state index contributed by atoms with van der Waals surface area (Å²) in [6.45, 7) is 3.74. The van der Waals surface area contributed by atoms with Gasteiger partial charge < -0.3 is 5.32 Å². The number of carbonyl (C=O) groups excluding carboxylic acids is 1. The van der Waals surface area contributed by atoms with Crippen molar-refractivity contribution in [2.45, 2.75) is 13.8 Å². The zero-order valence-corrected chi connectivity index (χ0v) is 13.3. The van der Waals surface area contributed by atoms with Crippen LogP contribution >= 0.6 is 11.6 Å². The number of halogens is 1. The molecule has 1 N–H and O–H groups in total. The molecule has 2 aromatic heterocycles. The minimum absolute atomic E-state index is 0.186. The number of amides is 1. The second-order valence-corrected chi connectivity index (χ2v) is 5.62. The van der Waals surface area contributed by atoms with Crippen LogP contribution in [0.4, 0.5) is 5.69 Å². The lowest BCUT2D eigenvalue weighted by Crippen LogP contribution is -2.13. The standard InChI is InChI=1S/C16H15ClN4O/c1-9-8-13(14-10(2)20-21(3)15(14)18-9)16(22)19-12-6-4-11(17)5-7-12/h4-8H,1-3H3,(H,19,22). The number of hydrogen-bond acceptors (Lipinski definition) is 3. The maximum Gasteiger partial charge on any atom is 0.256 e. The molecule has 0 bridgehead atoms. The molecule has 112 valence electrons. The van der Waals surface area contributed by atoms with Crippen LogP contribution in [0.3, 0.4) is 0 Å². The molecule has 0 saturated heterocycles. The summed E-state index contributed by atoms with van der Waals surface area (Å²) in [7, 11) is 1.82. The SMILES string of the molecule is Cc1cc(C(=O)Nc2ccc(Cl)cc2)c2c(C)nn(C)c2n1. The van der Waals surface area contributed by atoms with Crippen LogP contribution in [0.25, 0.3) is 11.0 Å². The number of benzene rings is 1. The van der Waals surface area contributed by atoms with Crippen LogP contribution in [0.5, 0.6) is 0 Å². The monoisotopic (exact) mass is 314 g/mol. The molecule has 2 heterocycles. The van der Waals surface area contributed by atoms with E-state index in [4.69, 9.17) is 11.6 Å². The van der Waals surface area contributed by atoms with Crippen molar-refractivity contribution in [1.82, 2.24) is 14.8 Å². The number of anilines is 1. The average molecular weight is 315 g/mol. The van der Waals surface area contributed by atoms with Crippen LogP contribution in [0.15, 0.2) is 30.3 Å².